The number of carbonyl (C=O) groups excluding carboxylic acids is 3. The molecule has 2 fully saturated rings. The van der Waals surface area contributed by atoms with Crippen LogP contribution in [0.1, 0.15) is 19.3 Å². The summed E-state index contributed by atoms with van der Waals surface area (Å²) < 4.78 is 0. The van der Waals surface area contributed by atoms with Gasteiger partial charge in [0.15, 0.2) is 0 Å². The molecule has 0 aliphatic carbocycles. The molecule has 2 atom stereocenters. The van der Waals surface area contributed by atoms with Crippen LogP contribution in [0.2, 0.25) is 0 Å². The maximum atomic E-state index is 11.8. The highest BCUT2D eigenvalue weighted by molar-refractivity contribution is 5.99. The molecule has 3 N–H and O–H groups in total. The maximum absolute atomic E-state index is 11.8. The highest BCUT2D eigenvalue weighted by Crippen LogP contribution is 2.22. The second-order valence-corrected chi connectivity index (χ2v) is 3.92. The molecule has 0 spiro atoms. The van der Waals surface area contributed by atoms with E-state index in [1.807, 2.05) is 0 Å². The van der Waals surface area contributed by atoms with Gasteiger partial charge in [0.2, 0.25) is 17.7 Å². The van der Waals surface area contributed by atoms with Gasteiger partial charge in [-0.3, -0.25) is 14.4 Å². The minimum atomic E-state index is -0.760. The normalized spacial score (nSPS) is 30.0. The molecular formula is C9H13N3O3. The Morgan fingerprint density at radius 1 is 1.53 bits per heavy atom. The Morgan fingerprint density at radius 3 is 2.93 bits per heavy atom. The summed E-state index contributed by atoms with van der Waals surface area (Å²) in [5, 5.41) is 2.54. The maximum Gasteiger partial charge on any atom is 0.246 e. The number of carbonyl (C=O) groups is 3. The Kier molecular flexibility index (Phi) is 2.34. The molecule has 2 aliphatic heterocycles. The first-order chi connectivity index (χ1) is 7.09. The summed E-state index contributed by atoms with van der Waals surface area (Å²) in [6, 6.07) is -1.09. The largest absolute Gasteiger partial charge is 0.370 e. The second-order valence-electron chi connectivity index (χ2n) is 3.92. The molecule has 0 aromatic rings. The highest BCUT2D eigenvalue weighted by atomic mass is 16.2. The highest BCUT2D eigenvalue weighted by Gasteiger charge is 2.43. The number of nitrogens with one attached hydrogen (secondary N) is 1. The van der Waals surface area contributed by atoms with Crippen molar-refractivity contribution >= 4 is 17.7 Å². The van der Waals surface area contributed by atoms with Gasteiger partial charge in [0.25, 0.3) is 0 Å². The Labute approximate surface area is 86.8 Å². The van der Waals surface area contributed by atoms with E-state index in [4.69, 9.17) is 5.73 Å². The number of fused-ring (bicyclic) bond motifs is 1. The van der Waals surface area contributed by atoms with Gasteiger partial charge in [-0.25, -0.2) is 0 Å². The lowest BCUT2D eigenvalue weighted by Crippen LogP contribution is -2.61. The van der Waals surface area contributed by atoms with Gasteiger partial charge in [-0.2, -0.15) is 0 Å². The molecule has 82 valence electrons. The van der Waals surface area contributed by atoms with Crippen molar-refractivity contribution in [3.63, 3.8) is 0 Å². The van der Waals surface area contributed by atoms with Crippen LogP contribution >= 0.6 is 0 Å². The zero-order chi connectivity index (χ0) is 11.0. The van der Waals surface area contributed by atoms with E-state index in [-0.39, 0.29) is 24.3 Å². The summed E-state index contributed by atoms with van der Waals surface area (Å²) in [6.07, 6.45) is 1.43. The SMILES string of the molecule is NC(=O)C[C@@H]1NC(=O)[C@@H]2CCCN2C1=O. The number of nitrogens with zero attached hydrogens (tertiary/aromatic N) is 1. The third kappa shape index (κ3) is 1.67. The van der Waals surface area contributed by atoms with Gasteiger partial charge in [-0.05, 0) is 12.8 Å². The minimum Gasteiger partial charge on any atom is -0.370 e. The van der Waals surface area contributed by atoms with Crippen molar-refractivity contribution in [1.29, 1.82) is 0 Å². The quantitative estimate of drug-likeness (QED) is 0.573. The lowest BCUT2D eigenvalue weighted by Gasteiger charge is -2.34. The molecule has 2 heterocycles. The minimum absolute atomic E-state index is 0.117. The average molecular weight is 211 g/mol. The molecule has 2 rings (SSSR count). The fourth-order valence-electron chi connectivity index (χ4n) is 2.17. The first-order valence-corrected chi connectivity index (χ1v) is 4.99. The lowest BCUT2D eigenvalue weighted by atomic mass is 10.1. The Balaban J connectivity index is 2.13. The van der Waals surface area contributed by atoms with Crippen LogP contribution in [0, 0.1) is 0 Å². The van der Waals surface area contributed by atoms with Crippen molar-refractivity contribution in [3.05, 3.63) is 0 Å². The Hall–Kier alpha value is -1.59. The Morgan fingerprint density at radius 2 is 2.27 bits per heavy atom. The molecule has 0 radical (unpaired) electrons. The monoisotopic (exact) mass is 211 g/mol. The zero-order valence-electron chi connectivity index (χ0n) is 8.23. The molecule has 0 aromatic carbocycles. The number of nitrogens with two attached hydrogens (primary N) is 1. The molecule has 0 bridgehead atoms. The number of piperazine rings is 1. The molecule has 15 heavy (non-hydrogen) atoms. The molecule has 6 heteroatoms. The molecule has 6 nitrogen and oxygen atoms in total. The summed E-state index contributed by atoms with van der Waals surface area (Å²) in [6.45, 7) is 0.603. The van der Waals surface area contributed by atoms with Gasteiger partial charge in [0, 0.05) is 6.54 Å². The predicted molar refractivity (Wildman–Crippen MR) is 50.5 cm³/mol. The van der Waals surface area contributed by atoms with Crippen molar-refractivity contribution in [2.24, 2.45) is 5.73 Å². The molecule has 3 amide bonds. The summed E-state index contributed by atoms with van der Waals surface area (Å²) in [5.41, 5.74) is 5.01. The van der Waals surface area contributed by atoms with E-state index in [2.05, 4.69) is 5.32 Å². The van der Waals surface area contributed by atoms with Crippen LogP contribution in [0.4, 0.5) is 0 Å². The Bertz CT molecular complexity index is 329. The van der Waals surface area contributed by atoms with Gasteiger partial charge in [-0.1, -0.05) is 0 Å². The molecule has 2 saturated heterocycles. The van der Waals surface area contributed by atoms with Crippen LogP contribution in [0.5, 0.6) is 0 Å². The van der Waals surface area contributed by atoms with E-state index in [0.717, 1.165) is 6.42 Å². The number of rotatable bonds is 2. The van der Waals surface area contributed by atoms with Crippen molar-refractivity contribution in [3.8, 4) is 0 Å². The average Bonchev–Trinajstić information content (AvgIpc) is 2.61. The summed E-state index contributed by atoms with van der Waals surface area (Å²) in [4.78, 5) is 35.6. The molecule has 0 saturated carbocycles. The zero-order valence-corrected chi connectivity index (χ0v) is 8.23. The van der Waals surface area contributed by atoms with E-state index in [1.54, 1.807) is 4.90 Å². The predicted octanol–water partition coefficient (Wildman–Crippen LogP) is -1.65. The topological polar surface area (TPSA) is 92.5 Å². The van der Waals surface area contributed by atoms with Gasteiger partial charge >= 0.3 is 0 Å². The summed E-state index contributed by atoms with van der Waals surface area (Å²) >= 11 is 0. The second kappa shape index (κ2) is 3.52. The number of primary amides is 1. The van der Waals surface area contributed by atoms with Crippen molar-refractivity contribution in [2.45, 2.75) is 31.3 Å². The molecular weight excluding hydrogens is 198 g/mol. The lowest BCUT2D eigenvalue weighted by molar-refractivity contribution is -0.148. The van der Waals surface area contributed by atoms with E-state index in [9.17, 15) is 14.4 Å². The molecule has 0 unspecified atom stereocenters. The standard InChI is InChI=1S/C9H13N3O3/c10-7(13)4-5-9(15)12-3-1-2-6(12)8(14)11-5/h5-6H,1-4H2,(H2,10,13)(H,11,14)/t5-,6-/m0/s1. The summed E-state index contributed by atoms with van der Waals surface area (Å²) in [7, 11) is 0. The molecule has 0 aromatic heterocycles. The van der Waals surface area contributed by atoms with Gasteiger partial charge < -0.3 is 16.0 Å². The van der Waals surface area contributed by atoms with Crippen LogP contribution in [-0.4, -0.2) is 41.2 Å². The van der Waals surface area contributed by atoms with Crippen LogP contribution in [0.25, 0.3) is 0 Å². The van der Waals surface area contributed by atoms with Gasteiger partial charge in [0.1, 0.15) is 12.1 Å². The number of amides is 3. The molecule has 2 aliphatic rings. The van der Waals surface area contributed by atoms with Crippen LogP contribution < -0.4 is 11.1 Å². The van der Waals surface area contributed by atoms with E-state index < -0.39 is 11.9 Å². The van der Waals surface area contributed by atoms with E-state index in [1.165, 1.54) is 0 Å². The van der Waals surface area contributed by atoms with Crippen LogP contribution in [0.3, 0.4) is 0 Å². The van der Waals surface area contributed by atoms with Crippen LogP contribution in [-0.2, 0) is 14.4 Å². The smallest absolute Gasteiger partial charge is 0.246 e. The van der Waals surface area contributed by atoms with Gasteiger partial charge in [0.05, 0.1) is 6.42 Å². The first kappa shape index (κ1) is 9.95. The van der Waals surface area contributed by atoms with Crippen LogP contribution in [0.15, 0.2) is 0 Å². The van der Waals surface area contributed by atoms with Crippen molar-refractivity contribution < 1.29 is 14.4 Å². The van der Waals surface area contributed by atoms with Crippen molar-refractivity contribution in [2.75, 3.05) is 6.54 Å². The first-order valence-electron chi connectivity index (χ1n) is 4.99. The van der Waals surface area contributed by atoms with E-state index >= 15 is 0 Å². The van der Waals surface area contributed by atoms with Gasteiger partial charge in [-0.15, -0.1) is 0 Å². The van der Waals surface area contributed by atoms with Crippen molar-refractivity contribution in [1.82, 2.24) is 10.2 Å². The third-order valence-electron chi connectivity index (χ3n) is 2.86. The number of hydrogen-bond donors (Lipinski definition) is 2. The fourth-order valence-corrected chi connectivity index (χ4v) is 2.17. The fraction of sp³-hybridized carbons (Fsp3) is 0.667. The number of hydrogen-bond acceptors (Lipinski definition) is 3. The van der Waals surface area contributed by atoms with E-state index in [0.29, 0.717) is 13.0 Å². The third-order valence-corrected chi connectivity index (χ3v) is 2.86. The summed E-state index contributed by atoms with van der Waals surface area (Å²) in [5.74, 6) is -0.930.